The van der Waals surface area contributed by atoms with Crippen LogP contribution in [0.5, 0.6) is 0 Å². The fourth-order valence-corrected chi connectivity index (χ4v) is 7.97. The Hall–Kier alpha value is -2.49. The molecule has 0 unspecified atom stereocenters. The normalized spacial score (nSPS) is 36.4. The molecular formula is C31H40ClFN4O4. The molecule has 2 N–H and O–H groups in total. The number of piperidine rings is 1. The minimum atomic E-state index is -1.21. The van der Waals surface area contributed by atoms with Crippen LogP contribution in [0.2, 0.25) is 5.02 Å². The standard InChI is InChI=1S/C31H40ClFN4O4/c1-18-7-6-8-23(19(18)2)35-29(39)27-31-12-11-24(41-31)25(28(38)34-20-9-10-22(33)21(32)17-20)26(31)30(40)37(27)16-15-36-13-4-3-5-14-36/h9-12,17-19,23-27H,3-8,13-16H2,1-2H3,(H,34,38)(H,35,39)/t18-,19+,23+,24+,25+,26+,27+,31+/m1/s1. The number of rotatable bonds is 7. The van der Waals surface area contributed by atoms with E-state index < -0.39 is 41.3 Å². The summed E-state index contributed by atoms with van der Waals surface area (Å²) >= 11 is 5.93. The van der Waals surface area contributed by atoms with Gasteiger partial charge in [-0.3, -0.25) is 14.4 Å². The summed E-state index contributed by atoms with van der Waals surface area (Å²) in [5.41, 5.74) is -0.871. The van der Waals surface area contributed by atoms with Gasteiger partial charge in [0, 0.05) is 24.8 Å². The highest BCUT2D eigenvalue weighted by molar-refractivity contribution is 6.31. The Balaban J connectivity index is 1.27. The largest absolute Gasteiger partial charge is 0.359 e. The summed E-state index contributed by atoms with van der Waals surface area (Å²) in [4.78, 5) is 46.0. The number of hydrogen-bond donors (Lipinski definition) is 2. The molecule has 1 aromatic rings. The number of amides is 3. The molecule has 0 aromatic heterocycles. The predicted octanol–water partition coefficient (Wildman–Crippen LogP) is 4.00. The number of anilines is 1. The second-order valence-corrected chi connectivity index (χ2v) is 13.0. The number of ether oxygens (including phenoxy) is 1. The van der Waals surface area contributed by atoms with Gasteiger partial charge in [0.25, 0.3) is 0 Å². The minimum absolute atomic E-state index is 0.0330. The van der Waals surface area contributed by atoms with Crippen molar-refractivity contribution in [1.29, 1.82) is 0 Å². The number of benzene rings is 1. The van der Waals surface area contributed by atoms with E-state index in [0.717, 1.165) is 45.2 Å². The third-order valence-electron chi connectivity index (χ3n) is 10.3. The molecule has 8 atom stereocenters. The first kappa shape index (κ1) is 28.6. The van der Waals surface area contributed by atoms with Crippen LogP contribution in [0.25, 0.3) is 0 Å². The van der Waals surface area contributed by atoms with Crippen molar-refractivity contribution in [1.82, 2.24) is 15.1 Å². The molecule has 8 nitrogen and oxygen atoms in total. The number of halogens is 2. The molecule has 4 aliphatic heterocycles. The van der Waals surface area contributed by atoms with Crippen LogP contribution in [0, 0.1) is 29.5 Å². The van der Waals surface area contributed by atoms with Gasteiger partial charge in [-0.1, -0.05) is 56.9 Å². The van der Waals surface area contributed by atoms with Crippen molar-refractivity contribution >= 4 is 35.0 Å². The number of carbonyl (C=O) groups is 3. The van der Waals surface area contributed by atoms with Crippen LogP contribution in [0.3, 0.4) is 0 Å². The number of nitrogens with zero attached hydrogens (tertiary/aromatic N) is 2. The van der Waals surface area contributed by atoms with Crippen molar-refractivity contribution in [3.63, 3.8) is 0 Å². The van der Waals surface area contributed by atoms with E-state index >= 15 is 0 Å². The average molecular weight is 587 g/mol. The summed E-state index contributed by atoms with van der Waals surface area (Å²) < 4.78 is 20.2. The summed E-state index contributed by atoms with van der Waals surface area (Å²) in [7, 11) is 0. The first-order chi connectivity index (χ1) is 19.7. The lowest BCUT2D eigenvalue weighted by molar-refractivity contribution is -0.142. The van der Waals surface area contributed by atoms with Crippen molar-refractivity contribution < 1.29 is 23.5 Å². The van der Waals surface area contributed by atoms with Gasteiger partial charge < -0.3 is 25.2 Å². The fourth-order valence-electron chi connectivity index (χ4n) is 7.79. The molecular weight excluding hydrogens is 547 g/mol. The smallest absolute Gasteiger partial charge is 0.246 e. The van der Waals surface area contributed by atoms with Gasteiger partial charge in [0.05, 0.1) is 23.0 Å². The summed E-state index contributed by atoms with van der Waals surface area (Å²) in [6.07, 6.45) is 9.61. The number of likely N-dealkylation sites (tertiary alicyclic amines) is 2. The summed E-state index contributed by atoms with van der Waals surface area (Å²) in [6, 6.07) is 3.15. The van der Waals surface area contributed by atoms with E-state index in [2.05, 4.69) is 29.4 Å². The second-order valence-electron chi connectivity index (χ2n) is 12.6. The monoisotopic (exact) mass is 586 g/mol. The van der Waals surface area contributed by atoms with Crippen LogP contribution >= 0.6 is 11.6 Å². The fraction of sp³-hybridized carbons (Fsp3) is 0.645. The van der Waals surface area contributed by atoms with Gasteiger partial charge in [0.1, 0.15) is 17.5 Å². The molecule has 222 valence electrons. The highest BCUT2D eigenvalue weighted by Crippen LogP contribution is 2.55. The van der Waals surface area contributed by atoms with E-state index in [1.54, 1.807) is 4.90 Å². The van der Waals surface area contributed by atoms with Crippen LogP contribution in [0.15, 0.2) is 30.4 Å². The zero-order valence-electron chi connectivity index (χ0n) is 23.8. The molecule has 4 heterocycles. The van der Waals surface area contributed by atoms with Crippen LogP contribution in [-0.2, 0) is 19.1 Å². The van der Waals surface area contributed by atoms with Crippen molar-refractivity contribution in [2.75, 3.05) is 31.5 Å². The second kappa shape index (κ2) is 11.3. The number of carbonyl (C=O) groups excluding carboxylic acids is 3. The predicted molar refractivity (Wildman–Crippen MR) is 154 cm³/mol. The molecule has 1 saturated carbocycles. The summed E-state index contributed by atoms with van der Waals surface area (Å²) in [6.45, 7) is 7.44. The number of nitrogens with one attached hydrogen (secondary N) is 2. The minimum Gasteiger partial charge on any atom is -0.359 e. The first-order valence-corrected chi connectivity index (χ1v) is 15.5. The Morgan fingerprint density at radius 2 is 1.88 bits per heavy atom. The van der Waals surface area contributed by atoms with Gasteiger partial charge in [-0.15, -0.1) is 0 Å². The van der Waals surface area contributed by atoms with Crippen molar-refractivity contribution in [3.05, 3.63) is 41.2 Å². The Kier molecular flexibility index (Phi) is 7.89. The zero-order valence-corrected chi connectivity index (χ0v) is 24.5. The van der Waals surface area contributed by atoms with Crippen LogP contribution in [0.1, 0.15) is 52.4 Å². The number of hydrogen-bond acceptors (Lipinski definition) is 5. The molecule has 0 radical (unpaired) electrons. The summed E-state index contributed by atoms with van der Waals surface area (Å²) in [5.74, 6) is -2.23. The topological polar surface area (TPSA) is 91.0 Å². The lowest BCUT2D eigenvalue weighted by atomic mass is 9.73. The van der Waals surface area contributed by atoms with E-state index in [0.29, 0.717) is 30.6 Å². The third-order valence-corrected chi connectivity index (χ3v) is 10.5. The average Bonchev–Trinajstić information content (AvgIpc) is 3.60. The van der Waals surface area contributed by atoms with E-state index in [1.165, 1.54) is 24.6 Å². The van der Waals surface area contributed by atoms with Crippen molar-refractivity contribution in [2.45, 2.75) is 76.2 Å². The quantitative estimate of drug-likeness (QED) is 0.472. The molecule has 5 aliphatic rings. The molecule has 10 heteroatoms. The van der Waals surface area contributed by atoms with Gasteiger partial charge in [0.15, 0.2) is 0 Å². The third kappa shape index (κ3) is 5.08. The van der Waals surface area contributed by atoms with E-state index in [1.807, 2.05) is 12.2 Å². The van der Waals surface area contributed by atoms with Crippen LogP contribution < -0.4 is 10.6 Å². The maximum atomic E-state index is 14.2. The van der Waals surface area contributed by atoms with Gasteiger partial charge in [0.2, 0.25) is 17.7 Å². The molecule has 1 aromatic carbocycles. The zero-order chi connectivity index (χ0) is 28.9. The lowest BCUT2D eigenvalue weighted by Crippen LogP contribution is -2.58. The molecule has 41 heavy (non-hydrogen) atoms. The Bertz CT molecular complexity index is 1240. The molecule has 3 amide bonds. The summed E-state index contributed by atoms with van der Waals surface area (Å²) in [5, 5.41) is 6.00. The maximum Gasteiger partial charge on any atom is 0.246 e. The highest BCUT2D eigenvalue weighted by Gasteiger charge is 2.72. The van der Waals surface area contributed by atoms with Crippen molar-refractivity contribution in [2.24, 2.45) is 23.7 Å². The van der Waals surface area contributed by atoms with Gasteiger partial charge in [-0.2, -0.15) is 0 Å². The van der Waals surface area contributed by atoms with Crippen LogP contribution in [-0.4, -0.2) is 77.5 Å². The molecule has 4 fully saturated rings. The van der Waals surface area contributed by atoms with Gasteiger partial charge >= 0.3 is 0 Å². The first-order valence-electron chi connectivity index (χ1n) is 15.2. The highest BCUT2D eigenvalue weighted by atomic mass is 35.5. The maximum absolute atomic E-state index is 14.2. The SMILES string of the molecule is C[C@H]1[C@H](C)CCC[C@@H]1NC(=O)[C@@H]1N(CCN2CCCCC2)C(=O)[C@@H]2[C@@H](C(=O)Nc3ccc(F)c(Cl)c3)[C@@H]3C=C[C@]21O3. The Morgan fingerprint density at radius 1 is 1.10 bits per heavy atom. The Morgan fingerprint density at radius 3 is 2.63 bits per heavy atom. The molecule has 1 aliphatic carbocycles. The lowest BCUT2D eigenvalue weighted by Gasteiger charge is -2.38. The molecule has 6 rings (SSSR count). The van der Waals surface area contributed by atoms with Gasteiger partial charge in [-0.05, 0) is 62.4 Å². The Labute approximate surface area is 246 Å². The van der Waals surface area contributed by atoms with Crippen LogP contribution in [0.4, 0.5) is 10.1 Å². The van der Waals surface area contributed by atoms with E-state index in [9.17, 15) is 18.8 Å². The van der Waals surface area contributed by atoms with Gasteiger partial charge in [-0.25, -0.2) is 4.39 Å². The van der Waals surface area contributed by atoms with E-state index in [4.69, 9.17) is 16.3 Å². The van der Waals surface area contributed by atoms with Crippen molar-refractivity contribution in [3.8, 4) is 0 Å². The molecule has 3 saturated heterocycles. The molecule has 1 spiro atoms. The molecule has 2 bridgehead atoms. The van der Waals surface area contributed by atoms with E-state index in [-0.39, 0.29) is 22.9 Å². The number of fused-ring (bicyclic) bond motifs is 1.